The lowest BCUT2D eigenvalue weighted by Crippen LogP contribution is -2.42. The molecule has 1 saturated heterocycles. The number of likely N-dealkylation sites (tertiary alicyclic amines) is 1. The predicted molar refractivity (Wildman–Crippen MR) is 110 cm³/mol. The van der Waals surface area contributed by atoms with Crippen molar-refractivity contribution in [1.29, 1.82) is 0 Å². The standard InChI is InChI=1S/C22H23N3O5/c26-15-6-3-9-25(12-15)22(30)13-4-1-5-14(10-13)23-20(28)17-11-16-18(24-21(17)29)7-2-8-19(16)27/h1,4-5,10-11,15,26H,2-3,6-9,12H2,(H,23,28)(H,24,29). The van der Waals surface area contributed by atoms with Crippen LogP contribution in [-0.2, 0) is 6.42 Å². The summed E-state index contributed by atoms with van der Waals surface area (Å²) in [6, 6.07) is 7.80. The Morgan fingerprint density at radius 3 is 2.77 bits per heavy atom. The van der Waals surface area contributed by atoms with Gasteiger partial charge in [-0.05, 0) is 49.9 Å². The highest BCUT2D eigenvalue weighted by atomic mass is 16.3. The minimum atomic E-state index is -0.643. The van der Waals surface area contributed by atoms with Gasteiger partial charge in [-0.25, -0.2) is 0 Å². The number of carbonyl (C=O) groups excluding carboxylic acids is 3. The third-order valence-corrected chi connectivity index (χ3v) is 5.55. The Hall–Kier alpha value is -3.26. The molecule has 156 valence electrons. The van der Waals surface area contributed by atoms with Crippen LogP contribution in [0.25, 0.3) is 0 Å². The molecule has 0 saturated carbocycles. The van der Waals surface area contributed by atoms with Crippen LogP contribution in [0.15, 0.2) is 35.1 Å². The minimum Gasteiger partial charge on any atom is -0.391 e. The first-order chi connectivity index (χ1) is 14.4. The Bertz CT molecular complexity index is 1070. The zero-order valence-corrected chi connectivity index (χ0v) is 16.4. The van der Waals surface area contributed by atoms with Gasteiger partial charge in [0.1, 0.15) is 5.56 Å². The fourth-order valence-corrected chi connectivity index (χ4v) is 3.99. The van der Waals surface area contributed by atoms with Crippen LogP contribution in [-0.4, -0.2) is 51.8 Å². The van der Waals surface area contributed by atoms with Gasteiger partial charge in [0.2, 0.25) is 0 Å². The molecule has 3 N–H and O–H groups in total. The number of aromatic nitrogens is 1. The van der Waals surface area contributed by atoms with Crippen molar-refractivity contribution < 1.29 is 19.5 Å². The van der Waals surface area contributed by atoms with E-state index in [1.54, 1.807) is 29.2 Å². The fraction of sp³-hybridized carbons (Fsp3) is 0.364. The summed E-state index contributed by atoms with van der Waals surface area (Å²) >= 11 is 0. The summed E-state index contributed by atoms with van der Waals surface area (Å²) in [5.41, 5.74) is 1.03. The van der Waals surface area contributed by atoms with Crippen molar-refractivity contribution in [2.45, 2.75) is 38.2 Å². The maximum atomic E-state index is 12.7. The molecule has 1 unspecified atom stereocenters. The molecule has 1 fully saturated rings. The normalized spacial score (nSPS) is 18.6. The van der Waals surface area contributed by atoms with Gasteiger partial charge in [0.05, 0.1) is 6.10 Å². The number of aryl methyl sites for hydroxylation is 1. The maximum Gasteiger partial charge on any atom is 0.261 e. The Morgan fingerprint density at radius 1 is 1.13 bits per heavy atom. The summed E-state index contributed by atoms with van der Waals surface area (Å²) in [6.07, 6.45) is 2.58. The smallest absolute Gasteiger partial charge is 0.261 e. The van der Waals surface area contributed by atoms with Crippen molar-refractivity contribution in [2.75, 3.05) is 18.4 Å². The zero-order chi connectivity index (χ0) is 21.3. The number of amides is 2. The van der Waals surface area contributed by atoms with E-state index in [0.717, 1.165) is 6.42 Å². The monoisotopic (exact) mass is 409 g/mol. The van der Waals surface area contributed by atoms with Crippen LogP contribution in [0.5, 0.6) is 0 Å². The average molecular weight is 409 g/mol. The highest BCUT2D eigenvalue weighted by Gasteiger charge is 2.24. The number of fused-ring (bicyclic) bond motifs is 1. The molecule has 1 atom stereocenters. The molecule has 8 heteroatoms. The van der Waals surface area contributed by atoms with Gasteiger partial charge in [0, 0.05) is 42.0 Å². The van der Waals surface area contributed by atoms with Crippen molar-refractivity contribution in [2.24, 2.45) is 0 Å². The first kappa shape index (κ1) is 20.0. The van der Waals surface area contributed by atoms with Crippen LogP contribution in [0, 0.1) is 0 Å². The number of aliphatic hydroxyl groups excluding tert-OH is 1. The molecule has 1 aromatic carbocycles. The Kier molecular flexibility index (Phi) is 5.50. The molecule has 0 spiro atoms. The lowest BCUT2D eigenvalue weighted by Gasteiger charge is -2.30. The number of rotatable bonds is 3. The summed E-state index contributed by atoms with van der Waals surface area (Å²) in [5, 5.41) is 12.4. The van der Waals surface area contributed by atoms with E-state index in [9.17, 15) is 24.3 Å². The molecule has 2 aromatic rings. The number of benzene rings is 1. The zero-order valence-electron chi connectivity index (χ0n) is 16.4. The molecule has 2 amide bonds. The van der Waals surface area contributed by atoms with Crippen LogP contribution in [0.2, 0.25) is 0 Å². The van der Waals surface area contributed by atoms with E-state index in [0.29, 0.717) is 54.7 Å². The third-order valence-electron chi connectivity index (χ3n) is 5.55. The lowest BCUT2D eigenvalue weighted by molar-refractivity contribution is 0.0473. The number of β-amino-alcohol motifs (C(OH)–C–C–N with tert-alkyl or cyclic N) is 1. The molecule has 1 aliphatic heterocycles. The summed E-state index contributed by atoms with van der Waals surface area (Å²) < 4.78 is 0. The Labute approximate surface area is 172 Å². The second-order valence-electron chi connectivity index (χ2n) is 7.76. The number of ketones is 1. The quantitative estimate of drug-likeness (QED) is 0.713. The van der Waals surface area contributed by atoms with Crippen LogP contribution in [0.3, 0.4) is 0 Å². The molecular weight excluding hydrogens is 386 g/mol. The molecule has 8 nitrogen and oxygen atoms in total. The second-order valence-corrected chi connectivity index (χ2v) is 7.76. The first-order valence-electron chi connectivity index (χ1n) is 10.1. The molecule has 0 radical (unpaired) electrons. The van der Waals surface area contributed by atoms with E-state index in [1.807, 2.05) is 0 Å². The largest absolute Gasteiger partial charge is 0.391 e. The molecular formula is C22H23N3O5. The van der Waals surface area contributed by atoms with Gasteiger partial charge < -0.3 is 20.3 Å². The van der Waals surface area contributed by atoms with E-state index in [4.69, 9.17) is 0 Å². The number of anilines is 1. The van der Waals surface area contributed by atoms with E-state index in [-0.39, 0.29) is 23.8 Å². The average Bonchev–Trinajstić information content (AvgIpc) is 2.73. The third kappa shape index (κ3) is 4.04. The number of H-pyrrole nitrogens is 1. The van der Waals surface area contributed by atoms with Gasteiger partial charge in [-0.3, -0.25) is 19.2 Å². The van der Waals surface area contributed by atoms with E-state index in [1.165, 1.54) is 6.07 Å². The summed E-state index contributed by atoms with van der Waals surface area (Å²) in [6.45, 7) is 0.860. The fourth-order valence-electron chi connectivity index (χ4n) is 3.99. The van der Waals surface area contributed by atoms with Gasteiger partial charge in [-0.15, -0.1) is 0 Å². The highest BCUT2D eigenvalue weighted by Crippen LogP contribution is 2.20. The molecule has 1 aliphatic carbocycles. The van der Waals surface area contributed by atoms with E-state index < -0.39 is 17.6 Å². The number of hydrogen-bond acceptors (Lipinski definition) is 5. The maximum absolute atomic E-state index is 12.7. The number of piperidine rings is 1. The minimum absolute atomic E-state index is 0.0853. The summed E-state index contributed by atoms with van der Waals surface area (Å²) in [5.74, 6) is -0.949. The number of aliphatic hydroxyl groups is 1. The van der Waals surface area contributed by atoms with E-state index in [2.05, 4.69) is 10.3 Å². The first-order valence-corrected chi connectivity index (χ1v) is 10.1. The second kappa shape index (κ2) is 8.23. The number of nitrogens with zero attached hydrogens (tertiary/aromatic N) is 1. The number of carbonyl (C=O) groups is 3. The van der Waals surface area contributed by atoms with Gasteiger partial charge >= 0.3 is 0 Å². The van der Waals surface area contributed by atoms with Crippen molar-refractivity contribution in [3.8, 4) is 0 Å². The molecule has 0 bridgehead atoms. The SMILES string of the molecule is O=C1CCCc2[nH]c(=O)c(C(=O)Nc3cccc(C(=O)N4CCCC(O)C4)c3)cc21. The van der Waals surface area contributed by atoms with Crippen LogP contribution in [0.1, 0.15) is 62.5 Å². The summed E-state index contributed by atoms with van der Waals surface area (Å²) in [7, 11) is 0. The van der Waals surface area contributed by atoms with Crippen LogP contribution >= 0.6 is 0 Å². The van der Waals surface area contributed by atoms with Crippen LogP contribution < -0.4 is 10.9 Å². The molecule has 2 heterocycles. The van der Waals surface area contributed by atoms with Gasteiger partial charge in [0.15, 0.2) is 5.78 Å². The molecule has 30 heavy (non-hydrogen) atoms. The summed E-state index contributed by atoms with van der Waals surface area (Å²) in [4.78, 5) is 54.1. The van der Waals surface area contributed by atoms with E-state index >= 15 is 0 Å². The topological polar surface area (TPSA) is 120 Å². The van der Waals surface area contributed by atoms with Gasteiger partial charge in [0.25, 0.3) is 17.4 Å². The molecule has 4 rings (SSSR count). The van der Waals surface area contributed by atoms with Crippen LogP contribution in [0.4, 0.5) is 5.69 Å². The van der Waals surface area contributed by atoms with Gasteiger partial charge in [-0.2, -0.15) is 0 Å². The Morgan fingerprint density at radius 2 is 1.97 bits per heavy atom. The number of Topliss-reactive ketones (excluding diaryl/α,β-unsaturated/α-hetero) is 1. The van der Waals surface area contributed by atoms with Crippen molar-refractivity contribution >= 4 is 23.3 Å². The van der Waals surface area contributed by atoms with Gasteiger partial charge in [-0.1, -0.05) is 6.07 Å². The molecule has 2 aliphatic rings. The number of aromatic amines is 1. The van der Waals surface area contributed by atoms with Crippen molar-refractivity contribution in [3.63, 3.8) is 0 Å². The predicted octanol–water partition coefficient (Wildman–Crippen LogP) is 1.74. The van der Waals surface area contributed by atoms with Crippen molar-refractivity contribution in [1.82, 2.24) is 9.88 Å². The number of pyridine rings is 1. The van der Waals surface area contributed by atoms with Crippen molar-refractivity contribution in [3.05, 3.63) is 63.1 Å². The molecule has 1 aromatic heterocycles. The number of nitrogens with one attached hydrogen (secondary N) is 2. The number of hydrogen-bond donors (Lipinski definition) is 3. The Balaban J connectivity index is 1.54. The lowest BCUT2D eigenvalue weighted by atomic mass is 9.93. The highest BCUT2D eigenvalue weighted by molar-refractivity contribution is 6.07.